The highest BCUT2D eigenvalue weighted by molar-refractivity contribution is 7.89. The lowest BCUT2D eigenvalue weighted by Crippen LogP contribution is -2.22. The predicted molar refractivity (Wildman–Crippen MR) is 88.3 cm³/mol. The van der Waals surface area contributed by atoms with Crippen molar-refractivity contribution in [3.05, 3.63) is 65.2 Å². The first-order valence-corrected chi connectivity index (χ1v) is 8.75. The number of halogens is 2. The van der Waals surface area contributed by atoms with E-state index < -0.39 is 40.0 Å². The molecule has 138 valence electrons. The summed E-state index contributed by atoms with van der Waals surface area (Å²) in [5.41, 5.74) is -0.0927. The van der Waals surface area contributed by atoms with Gasteiger partial charge in [-0.25, -0.2) is 26.3 Å². The van der Waals surface area contributed by atoms with Crippen molar-refractivity contribution in [1.82, 2.24) is 4.31 Å². The van der Waals surface area contributed by atoms with Crippen LogP contribution in [0.4, 0.5) is 8.78 Å². The van der Waals surface area contributed by atoms with Gasteiger partial charge in [-0.1, -0.05) is 0 Å². The van der Waals surface area contributed by atoms with Crippen molar-refractivity contribution in [3.63, 3.8) is 0 Å². The molecule has 6 nitrogen and oxygen atoms in total. The van der Waals surface area contributed by atoms with Gasteiger partial charge < -0.3 is 4.74 Å². The quantitative estimate of drug-likeness (QED) is 0.565. The van der Waals surface area contributed by atoms with Crippen molar-refractivity contribution in [2.45, 2.75) is 4.90 Å². The van der Waals surface area contributed by atoms with Crippen LogP contribution in [0.1, 0.15) is 20.7 Å². The molecule has 2 rings (SSSR count). The molecule has 2 aromatic rings. The number of carbonyl (C=O) groups excluding carboxylic acids is 2. The Morgan fingerprint density at radius 3 is 2.08 bits per heavy atom. The van der Waals surface area contributed by atoms with Gasteiger partial charge in [0, 0.05) is 19.7 Å². The fraction of sp³-hybridized carbons (Fsp3) is 0.176. The molecular weight excluding hydrogens is 368 g/mol. The SMILES string of the molecule is CN(C)S(=O)(=O)c1ccc(C(=O)OCC(=O)c2ccc(F)c(F)c2)cc1. The first-order chi connectivity index (χ1) is 12.1. The molecule has 0 saturated carbocycles. The van der Waals surface area contributed by atoms with Crippen molar-refractivity contribution < 1.29 is 31.5 Å². The molecule has 0 N–H and O–H groups in total. The van der Waals surface area contributed by atoms with Crippen LogP contribution in [-0.2, 0) is 14.8 Å². The maximum atomic E-state index is 13.1. The molecule has 0 bridgehead atoms. The summed E-state index contributed by atoms with van der Waals surface area (Å²) in [5.74, 6) is -3.83. The summed E-state index contributed by atoms with van der Waals surface area (Å²) in [6, 6.07) is 7.57. The first-order valence-electron chi connectivity index (χ1n) is 7.31. The van der Waals surface area contributed by atoms with Gasteiger partial charge in [-0.05, 0) is 42.5 Å². The summed E-state index contributed by atoms with van der Waals surface area (Å²) in [5, 5.41) is 0. The number of ether oxygens (including phenoxy) is 1. The van der Waals surface area contributed by atoms with Crippen LogP contribution in [0.15, 0.2) is 47.4 Å². The van der Waals surface area contributed by atoms with E-state index in [1.165, 1.54) is 38.4 Å². The van der Waals surface area contributed by atoms with Gasteiger partial charge in [0.15, 0.2) is 24.0 Å². The fourth-order valence-corrected chi connectivity index (χ4v) is 2.84. The maximum Gasteiger partial charge on any atom is 0.338 e. The third kappa shape index (κ3) is 4.30. The standard InChI is InChI=1S/C17H15F2NO5S/c1-20(2)26(23,24)13-6-3-11(4-7-13)17(22)25-10-16(21)12-5-8-14(18)15(19)9-12/h3-9H,10H2,1-2H3. The number of benzene rings is 2. The van der Waals surface area contributed by atoms with Gasteiger partial charge in [-0.15, -0.1) is 0 Å². The number of ketones is 1. The summed E-state index contributed by atoms with van der Waals surface area (Å²) in [6.45, 7) is -0.665. The minimum atomic E-state index is -3.63. The molecule has 0 spiro atoms. The van der Waals surface area contributed by atoms with Crippen LogP contribution in [-0.4, -0.2) is 45.2 Å². The second kappa shape index (κ2) is 7.71. The monoisotopic (exact) mass is 383 g/mol. The predicted octanol–water partition coefficient (Wildman–Crippen LogP) is 2.25. The molecule has 0 heterocycles. The van der Waals surface area contributed by atoms with Gasteiger partial charge in [0.05, 0.1) is 10.5 Å². The van der Waals surface area contributed by atoms with E-state index in [-0.39, 0.29) is 16.0 Å². The molecule has 0 aliphatic heterocycles. The molecule has 0 fully saturated rings. The summed E-state index contributed by atoms with van der Waals surface area (Å²) >= 11 is 0. The zero-order valence-corrected chi connectivity index (χ0v) is 14.7. The van der Waals surface area contributed by atoms with E-state index in [0.717, 1.165) is 16.4 Å². The Kier molecular flexibility index (Phi) is 5.83. The fourth-order valence-electron chi connectivity index (χ4n) is 1.94. The average Bonchev–Trinajstić information content (AvgIpc) is 2.61. The van der Waals surface area contributed by atoms with Gasteiger partial charge in [0.25, 0.3) is 0 Å². The van der Waals surface area contributed by atoms with Crippen molar-refractivity contribution in [2.75, 3.05) is 20.7 Å². The lowest BCUT2D eigenvalue weighted by molar-refractivity contribution is 0.0474. The molecule has 0 aromatic heterocycles. The van der Waals surface area contributed by atoms with E-state index >= 15 is 0 Å². The molecule has 9 heteroatoms. The number of nitrogens with zero attached hydrogens (tertiary/aromatic N) is 1. The van der Waals surface area contributed by atoms with Gasteiger partial charge in [-0.3, -0.25) is 4.79 Å². The second-order valence-corrected chi connectivity index (χ2v) is 7.59. The number of sulfonamides is 1. The van der Waals surface area contributed by atoms with E-state index in [9.17, 15) is 26.8 Å². The minimum absolute atomic E-state index is 0.00286. The summed E-state index contributed by atoms with van der Waals surface area (Å²) in [6.07, 6.45) is 0. The van der Waals surface area contributed by atoms with Crippen LogP contribution in [0.5, 0.6) is 0 Å². The smallest absolute Gasteiger partial charge is 0.338 e. The lowest BCUT2D eigenvalue weighted by atomic mass is 10.1. The summed E-state index contributed by atoms with van der Waals surface area (Å²) < 4.78 is 55.7. The normalized spacial score (nSPS) is 11.4. The van der Waals surface area contributed by atoms with Gasteiger partial charge >= 0.3 is 5.97 Å². The van der Waals surface area contributed by atoms with Gasteiger partial charge in [0.2, 0.25) is 10.0 Å². The Balaban J connectivity index is 2.04. The highest BCUT2D eigenvalue weighted by Crippen LogP contribution is 2.15. The Hall–Kier alpha value is -2.65. The largest absolute Gasteiger partial charge is 0.454 e. The van der Waals surface area contributed by atoms with Crippen LogP contribution in [0.2, 0.25) is 0 Å². The highest BCUT2D eigenvalue weighted by atomic mass is 32.2. The van der Waals surface area contributed by atoms with Crippen molar-refractivity contribution >= 4 is 21.8 Å². The van der Waals surface area contributed by atoms with E-state index in [1.807, 2.05) is 0 Å². The molecule has 26 heavy (non-hydrogen) atoms. The zero-order chi connectivity index (χ0) is 19.5. The van der Waals surface area contributed by atoms with Gasteiger partial charge in [-0.2, -0.15) is 0 Å². The van der Waals surface area contributed by atoms with Gasteiger partial charge in [0.1, 0.15) is 0 Å². The zero-order valence-electron chi connectivity index (χ0n) is 13.9. The second-order valence-electron chi connectivity index (χ2n) is 5.44. The van der Waals surface area contributed by atoms with E-state index in [4.69, 9.17) is 4.74 Å². The van der Waals surface area contributed by atoms with Crippen LogP contribution in [0, 0.1) is 11.6 Å². The Bertz CT molecular complexity index is 940. The molecule has 0 unspecified atom stereocenters. The molecule has 2 aromatic carbocycles. The van der Waals surface area contributed by atoms with Crippen molar-refractivity contribution in [2.24, 2.45) is 0 Å². The van der Waals surface area contributed by atoms with E-state index in [0.29, 0.717) is 6.07 Å². The molecule has 0 aliphatic carbocycles. The number of hydrogen-bond acceptors (Lipinski definition) is 5. The van der Waals surface area contributed by atoms with E-state index in [1.54, 1.807) is 0 Å². The van der Waals surface area contributed by atoms with Crippen molar-refractivity contribution in [1.29, 1.82) is 0 Å². The third-order valence-electron chi connectivity index (χ3n) is 3.44. The number of rotatable bonds is 6. The number of esters is 1. The van der Waals surface area contributed by atoms with Crippen LogP contribution < -0.4 is 0 Å². The number of carbonyl (C=O) groups is 2. The number of Topliss-reactive ketones (excluding diaryl/α,β-unsaturated/α-hetero) is 1. The molecule has 0 atom stereocenters. The molecule has 0 radical (unpaired) electrons. The first kappa shape index (κ1) is 19.7. The molecular formula is C17H15F2NO5S. The van der Waals surface area contributed by atoms with Crippen LogP contribution >= 0.6 is 0 Å². The van der Waals surface area contributed by atoms with Crippen LogP contribution in [0.25, 0.3) is 0 Å². The highest BCUT2D eigenvalue weighted by Gasteiger charge is 2.18. The van der Waals surface area contributed by atoms with Crippen molar-refractivity contribution in [3.8, 4) is 0 Å². The average molecular weight is 383 g/mol. The molecule has 0 amide bonds. The third-order valence-corrected chi connectivity index (χ3v) is 5.27. The lowest BCUT2D eigenvalue weighted by Gasteiger charge is -2.11. The Morgan fingerprint density at radius 2 is 1.54 bits per heavy atom. The van der Waals surface area contributed by atoms with Crippen LogP contribution in [0.3, 0.4) is 0 Å². The molecule has 0 aliphatic rings. The minimum Gasteiger partial charge on any atom is -0.454 e. The molecule has 0 saturated heterocycles. The summed E-state index contributed by atoms with van der Waals surface area (Å²) in [4.78, 5) is 23.8. The Labute approximate surface area is 149 Å². The Morgan fingerprint density at radius 1 is 0.962 bits per heavy atom. The summed E-state index contributed by atoms with van der Waals surface area (Å²) in [7, 11) is -0.875. The maximum absolute atomic E-state index is 13.1. The number of hydrogen-bond donors (Lipinski definition) is 0. The topological polar surface area (TPSA) is 80.8 Å². The van der Waals surface area contributed by atoms with E-state index in [2.05, 4.69) is 0 Å².